The molecule has 2 heterocycles. The SMILES string of the molecule is Br.CCCCCCCCCN1C=C(C)Cc2ccccc21.Clc1nc[nH]c1Cl. The smallest absolute Gasteiger partial charge is 0.165 e. The molecule has 1 aliphatic rings. The van der Waals surface area contributed by atoms with Crippen molar-refractivity contribution in [1.29, 1.82) is 0 Å². The minimum absolute atomic E-state index is 0. The van der Waals surface area contributed by atoms with Crippen molar-refractivity contribution in [3.8, 4) is 0 Å². The largest absolute Gasteiger partial charge is 0.348 e. The number of nitrogens with one attached hydrogen (secondary N) is 1. The second-order valence-corrected chi connectivity index (χ2v) is 7.84. The van der Waals surface area contributed by atoms with Gasteiger partial charge in [-0.3, -0.25) is 0 Å². The van der Waals surface area contributed by atoms with Gasteiger partial charge in [-0.1, -0.05) is 92.4 Å². The third-order valence-electron chi connectivity index (χ3n) is 4.70. The van der Waals surface area contributed by atoms with Crippen molar-refractivity contribution in [2.75, 3.05) is 11.4 Å². The van der Waals surface area contributed by atoms with Crippen LogP contribution in [-0.2, 0) is 6.42 Å². The predicted molar refractivity (Wildman–Crippen MR) is 128 cm³/mol. The van der Waals surface area contributed by atoms with Crippen LogP contribution >= 0.6 is 40.2 Å². The highest BCUT2D eigenvalue weighted by atomic mass is 79.9. The van der Waals surface area contributed by atoms with Crippen LogP contribution in [0.25, 0.3) is 0 Å². The average Bonchev–Trinajstić information content (AvgIpc) is 3.04. The first-order valence-corrected chi connectivity index (χ1v) is 10.7. The Morgan fingerprint density at radius 3 is 2.32 bits per heavy atom. The van der Waals surface area contributed by atoms with Crippen molar-refractivity contribution in [2.24, 2.45) is 0 Å². The molecule has 3 rings (SSSR count). The summed E-state index contributed by atoms with van der Waals surface area (Å²) in [5.74, 6) is 0. The van der Waals surface area contributed by atoms with Crippen LogP contribution in [0.15, 0.2) is 42.4 Å². The second-order valence-electron chi connectivity index (χ2n) is 7.10. The summed E-state index contributed by atoms with van der Waals surface area (Å²) in [6.45, 7) is 5.69. The average molecular weight is 489 g/mol. The number of hydrogen-bond acceptors (Lipinski definition) is 2. The number of allylic oxidation sites excluding steroid dienone is 1. The van der Waals surface area contributed by atoms with E-state index in [0.717, 1.165) is 6.42 Å². The molecule has 0 unspecified atom stereocenters. The number of rotatable bonds is 8. The Kier molecular flexibility index (Phi) is 12.6. The highest BCUT2D eigenvalue weighted by Crippen LogP contribution is 2.28. The molecule has 0 aliphatic carbocycles. The molecular formula is C22H32BrCl2N3. The molecule has 1 N–H and O–H groups in total. The van der Waals surface area contributed by atoms with Gasteiger partial charge in [-0.2, -0.15) is 0 Å². The van der Waals surface area contributed by atoms with Crippen LogP contribution in [0, 0.1) is 0 Å². The fourth-order valence-electron chi connectivity index (χ4n) is 3.31. The number of unbranched alkanes of at least 4 members (excludes halogenated alkanes) is 6. The number of fused-ring (bicyclic) bond motifs is 1. The molecule has 6 heteroatoms. The lowest BCUT2D eigenvalue weighted by Crippen LogP contribution is -2.22. The zero-order valence-corrected chi connectivity index (χ0v) is 20.1. The Hall–Kier alpha value is -0.970. The molecule has 1 aliphatic heterocycles. The van der Waals surface area contributed by atoms with E-state index in [-0.39, 0.29) is 17.0 Å². The topological polar surface area (TPSA) is 31.9 Å². The summed E-state index contributed by atoms with van der Waals surface area (Å²) in [5.41, 5.74) is 4.38. The lowest BCUT2D eigenvalue weighted by molar-refractivity contribution is 0.590. The zero-order valence-electron chi connectivity index (χ0n) is 16.9. The lowest BCUT2D eigenvalue weighted by atomic mass is 10.0. The Balaban J connectivity index is 0.000000414. The van der Waals surface area contributed by atoms with E-state index in [1.165, 1.54) is 74.6 Å². The summed E-state index contributed by atoms with van der Waals surface area (Å²) in [6.07, 6.45) is 14.6. The number of imidazole rings is 1. The quantitative estimate of drug-likeness (QED) is 0.381. The molecule has 0 spiro atoms. The normalized spacial score (nSPS) is 12.4. The molecule has 28 heavy (non-hydrogen) atoms. The summed E-state index contributed by atoms with van der Waals surface area (Å²) in [4.78, 5) is 8.64. The number of H-pyrrole nitrogens is 1. The summed E-state index contributed by atoms with van der Waals surface area (Å²) in [7, 11) is 0. The Morgan fingerprint density at radius 1 is 1.04 bits per heavy atom. The van der Waals surface area contributed by atoms with Crippen LogP contribution in [0.3, 0.4) is 0 Å². The van der Waals surface area contributed by atoms with Crippen LogP contribution < -0.4 is 4.90 Å². The standard InChI is InChI=1S/C19H29N.C3H2Cl2N2.BrH/c1-3-4-5-6-7-8-11-14-20-16-17(2)15-18-12-9-10-13-19(18)20;4-2-3(5)7-1-6-2;/h9-10,12-13,16H,3-8,11,14-15H2,1-2H3;1H,(H,6,7);1H. The number of aromatic nitrogens is 2. The molecule has 1 aromatic heterocycles. The first-order chi connectivity index (χ1) is 13.1. The molecule has 0 fully saturated rings. The number of nitrogens with zero attached hydrogens (tertiary/aromatic N) is 2. The monoisotopic (exact) mass is 487 g/mol. The molecule has 0 saturated heterocycles. The van der Waals surface area contributed by atoms with Gasteiger partial charge in [0.05, 0.1) is 6.33 Å². The number of halogens is 3. The maximum Gasteiger partial charge on any atom is 0.165 e. The van der Waals surface area contributed by atoms with Crippen LogP contribution in [0.1, 0.15) is 64.4 Å². The van der Waals surface area contributed by atoms with Gasteiger partial charge >= 0.3 is 0 Å². The van der Waals surface area contributed by atoms with Crippen molar-refractivity contribution >= 4 is 45.9 Å². The van der Waals surface area contributed by atoms with E-state index in [9.17, 15) is 0 Å². The van der Waals surface area contributed by atoms with Crippen molar-refractivity contribution in [3.05, 3.63) is 58.2 Å². The summed E-state index contributed by atoms with van der Waals surface area (Å²) >= 11 is 10.7. The van der Waals surface area contributed by atoms with Gasteiger partial charge in [-0.05, 0) is 31.4 Å². The van der Waals surface area contributed by atoms with Gasteiger partial charge in [0, 0.05) is 18.4 Å². The van der Waals surface area contributed by atoms with Crippen LogP contribution in [0.4, 0.5) is 5.69 Å². The molecule has 1 aromatic carbocycles. The third kappa shape index (κ3) is 8.59. The number of benzene rings is 1. The van der Waals surface area contributed by atoms with Gasteiger partial charge in [-0.15, -0.1) is 17.0 Å². The Bertz CT molecular complexity index is 699. The maximum absolute atomic E-state index is 5.37. The zero-order chi connectivity index (χ0) is 19.5. The number of hydrogen-bond donors (Lipinski definition) is 1. The highest BCUT2D eigenvalue weighted by molar-refractivity contribution is 8.93. The van der Waals surface area contributed by atoms with Crippen molar-refractivity contribution < 1.29 is 0 Å². The molecule has 156 valence electrons. The minimum Gasteiger partial charge on any atom is -0.348 e. The van der Waals surface area contributed by atoms with Gasteiger partial charge in [-0.25, -0.2) is 4.98 Å². The molecule has 0 atom stereocenters. The number of aromatic amines is 1. The molecule has 0 radical (unpaired) electrons. The van der Waals surface area contributed by atoms with Crippen molar-refractivity contribution in [3.63, 3.8) is 0 Å². The third-order valence-corrected chi connectivity index (χ3v) is 5.37. The molecule has 2 aromatic rings. The van der Waals surface area contributed by atoms with E-state index >= 15 is 0 Å². The second kappa shape index (κ2) is 14.1. The van der Waals surface area contributed by atoms with Gasteiger partial charge in [0.15, 0.2) is 5.15 Å². The van der Waals surface area contributed by atoms with E-state index in [1.807, 2.05) is 0 Å². The molecule has 0 amide bonds. The van der Waals surface area contributed by atoms with E-state index in [1.54, 1.807) is 0 Å². The fraction of sp³-hybridized carbons (Fsp3) is 0.500. The van der Waals surface area contributed by atoms with Crippen LogP contribution in [0.2, 0.25) is 10.3 Å². The Labute approximate surface area is 190 Å². The molecular weight excluding hydrogens is 457 g/mol. The minimum atomic E-state index is 0. The molecule has 3 nitrogen and oxygen atoms in total. The highest BCUT2D eigenvalue weighted by Gasteiger charge is 2.14. The van der Waals surface area contributed by atoms with E-state index in [2.05, 4.69) is 59.2 Å². The van der Waals surface area contributed by atoms with Crippen LogP contribution in [0.5, 0.6) is 0 Å². The summed E-state index contributed by atoms with van der Waals surface area (Å²) in [5, 5.41) is 0.711. The van der Waals surface area contributed by atoms with Crippen LogP contribution in [-0.4, -0.2) is 16.5 Å². The maximum atomic E-state index is 5.37. The van der Waals surface area contributed by atoms with Gasteiger partial charge in [0.2, 0.25) is 0 Å². The lowest BCUT2D eigenvalue weighted by Gasteiger charge is -2.28. The van der Waals surface area contributed by atoms with E-state index < -0.39 is 0 Å². The first-order valence-electron chi connectivity index (χ1n) is 9.98. The Morgan fingerprint density at radius 2 is 1.71 bits per heavy atom. The van der Waals surface area contributed by atoms with Gasteiger partial charge in [0.25, 0.3) is 0 Å². The van der Waals surface area contributed by atoms with E-state index in [0.29, 0.717) is 10.3 Å². The first kappa shape index (κ1) is 25.1. The van der Waals surface area contributed by atoms with Crippen molar-refractivity contribution in [2.45, 2.75) is 65.2 Å². The number of para-hydroxylation sites is 1. The fourth-order valence-corrected chi connectivity index (χ4v) is 3.51. The number of anilines is 1. The van der Waals surface area contributed by atoms with Gasteiger partial charge < -0.3 is 9.88 Å². The summed E-state index contributed by atoms with van der Waals surface area (Å²) in [6, 6.07) is 8.84. The predicted octanol–water partition coefficient (Wildman–Crippen LogP) is 8.00. The van der Waals surface area contributed by atoms with E-state index in [4.69, 9.17) is 23.2 Å². The van der Waals surface area contributed by atoms with Gasteiger partial charge in [0.1, 0.15) is 5.15 Å². The molecule has 0 saturated carbocycles. The molecule has 0 bridgehead atoms. The summed E-state index contributed by atoms with van der Waals surface area (Å²) < 4.78 is 0. The van der Waals surface area contributed by atoms with Crippen molar-refractivity contribution in [1.82, 2.24) is 9.97 Å².